The van der Waals surface area contributed by atoms with Gasteiger partial charge in [-0.15, -0.1) is 0 Å². The lowest BCUT2D eigenvalue weighted by Gasteiger charge is -2.19. The summed E-state index contributed by atoms with van der Waals surface area (Å²) in [7, 11) is 0. The molecule has 1 aliphatic rings. The van der Waals surface area contributed by atoms with Crippen LogP contribution in [0.1, 0.15) is 49.3 Å². The summed E-state index contributed by atoms with van der Waals surface area (Å²) >= 11 is 0. The number of ketones is 1. The highest BCUT2D eigenvalue weighted by molar-refractivity contribution is 5.99. The monoisotopic (exact) mass is 230 g/mol. The summed E-state index contributed by atoms with van der Waals surface area (Å²) in [4.78, 5) is 11.8. The minimum atomic E-state index is 0.230. The lowest BCUT2D eigenvalue weighted by molar-refractivity contribution is -0.115. The van der Waals surface area contributed by atoms with Gasteiger partial charge in [0.2, 0.25) is 0 Å². The van der Waals surface area contributed by atoms with Crippen LogP contribution in [0.25, 0.3) is 6.08 Å². The van der Waals surface area contributed by atoms with Crippen molar-refractivity contribution in [2.45, 2.75) is 39.5 Å². The molecule has 0 radical (unpaired) electrons. The molecule has 1 N–H and O–H groups in total. The summed E-state index contributed by atoms with van der Waals surface area (Å²) in [5.41, 5.74) is 3.87. The molecule has 17 heavy (non-hydrogen) atoms. The summed E-state index contributed by atoms with van der Waals surface area (Å²) in [6, 6.07) is 3.80. The van der Waals surface area contributed by atoms with Crippen LogP contribution in [0, 0.1) is 6.92 Å². The molecular weight excluding hydrogens is 212 g/mol. The molecule has 2 rings (SSSR count). The Balaban J connectivity index is 2.62. The predicted molar refractivity (Wildman–Crippen MR) is 69.2 cm³/mol. The maximum absolute atomic E-state index is 11.8. The van der Waals surface area contributed by atoms with E-state index in [9.17, 15) is 9.90 Å². The molecule has 2 nitrogen and oxygen atoms in total. The summed E-state index contributed by atoms with van der Waals surface area (Å²) in [6.45, 7) is 5.85. The predicted octanol–water partition coefficient (Wildman–Crippen LogP) is 3.57. The quantitative estimate of drug-likeness (QED) is 0.739. The molecule has 90 valence electrons. The minimum absolute atomic E-state index is 0.230. The number of carbonyl (C=O) groups excluding carboxylic acids is 1. The van der Waals surface area contributed by atoms with Crippen LogP contribution in [0.5, 0.6) is 5.75 Å². The number of aromatic hydroxyl groups is 1. The highest BCUT2D eigenvalue weighted by Crippen LogP contribution is 2.33. The Hall–Kier alpha value is -1.57. The molecule has 1 unspecified atom stereocenters. The maximum atomic E-state index is 11.8. The van der Waals surface area contributed by atoms with E-state index in [4.69, 9.17) is 0 Å². The van der Waals surface area contributed by atoms with Crippen molar-refractivity contribution in [3.63, 3.8) is 0 Å². The zero-order valence-corrected chi connectivity index (χ0v) is 10.6. The summed E-state index contributed by atoms with van der Waals surface area (Å²) in [6.07, 6.45) is 3.39. The van der Waals surface area contributed by atoms with Crippen molar-refractivity contribution in [2.24, 2.45) is 0 Å². The second kappa shape index (κ2) is 4.36. The molecular formula is C15H18O2. The van der Waals surface area contributed by atoms with Gasteiger partial charge in [-0.2, -0.15) is 0 Å². The van der Waals surface area contributed by atoms with E-state index in [2.05, 4.69) is 6.92 Å². The molecule has 0 bridgehead atoms. The number of Topliss-reactive ketones (excluding diaryl/α,β-unsaturated/α-hetero) is 1. The Morgan fingerprint density at radius 2 is 2.00 bits per heavy atom. The highest BCUT2D eigenvalue weighted by atomic mass is 16.3. The number of hydrogen-bond donors (Lipinski definition) is 1. The van der Waals surface area contributed by atoms with Gasteiger partial charge in [-0.3, -0.25) is 4.79 Å². The van der Waals surface area contributed by atoms with Gasteiger partial charge in [-0.05, 0) is 66.7 Å². The van der Waals surface area contributed by atoms with Crippen LogP contribution in [0.3, 0.4) is 0 Å². The van der Waals surface area contributed by atoms with Crippen LogP contribution in [0.4, 0.5) is 0 Å². The van der Waals surface area contributed by atoms with Gasteiger partial charge in [0.25, 0.3) is 0 Å². The van der Waals surface area contributed by atoms with Crippen LogP contribution in [0.15, 0.2) is 17.7 Å². The number of aryl methyl sites for hydroxylation is 1. The van der Waals surface area contributed by atoms with Crippen molar-refractivity contribution in [1.29, 1.82) is 0 Å². The van der Waals surface area contributed by atoms with Crippen LogP contribution in [0.2, 0.25) is 0 Å². The van der Waals surface area contributed by atoms with Crippen LogP contribution in [-0.2, 0) is 4.79 Å². The van der Waals surface area contributed by atoms with Gasteiger partial charge >= 0.3 is 0 Å². The number of allylic oxidation sites excluding steroid dienone is 1. The standard InChI is InChI=1S/C15H18O2/c1-9-4-5-14(16)10(2)6-12-7-11(3)15(17)8-13(9)12/h6-9,17H,4-5H2,1-3H3. The van der Waals surface area contributed by atoms with Gasteiger partial charge in [0, 0.05) is 6.42 Å². The number of benzene rings is 1. The topological polar surface area (TPSA) is 37.3 Å². The van der Waals surface area contributed by atoms with E-state index in [1.165, 1.54) is 0 Å². The zero-order chi connectivity index (χ0) is 12.6. The van der Waals surface area contributed by atoms with Gasteiger partial charge in [0.15, 0.2) is 5.78 Å². The smallest absolute Gasteiger partial charge is 0.158 e. The molecule has 0 spiro atoms. The number of phenols is 1. The third-order valence-corrected chi connectivity index (χ3v) is 3.55. The van der Waals surface area contributed by atoms with Crippen molar-refractivity contribution in [2.75, 3.05) is 0 Å². The van der Waals surface area contributed by atoms with E-state index < -0.39 is 0 Å². The fourth-order valence-corrected chi connectivity index (χ4v) is 2.30. The van der Waals surface area contributed by atoms with Crippen molar-refractivity contribution in [3.8, 4) is 5.75 Å². The van der Waals surface area contributed by atoms with Crippen molar-refractivity contribution >= 4 is 11.9 Å². The summed E-state index contributed by atoms with van der Waals surface area (Å²) in [5, 5.41) is 9.79. The average Bonchev–Trinajstić information content (AvgIpc) is 2.28. The summed E-state index contributed by atoms with van der Waals surface area (Å²) < 4.78 is 0. The van der Waals surface area contributed by atoms with Crippen LogP contribution >= 0.6 is 0 Å². The number of hydrogen-bond acceptors (Lipinski definition) is 2. The number of carbonyl (C=O) groups is 1. The first-order chi connectivity index (χ1) is 7.99. The van der Waals surface area contributed by atoms with Gasteiger partial charge in [0.1, 0.15) is 5.75 Å². The van der Waals surface area contributed by atoms with Crippen molar-refractivity contribution in [1.82, 2.24) is 0 Å². The third kappa shape index (κ3) is 2.26. The zero-order valence-electron chi connectivity index (χ0n) is 10.6. The molecule has 0 aromatic heterocycles. The fourth-order valence-electron chi connectivity index (χ4n) is 2.30. The average molecular weight is 230 g/mol. The minimum Gasteiger partial charge on any atom is -0.508 e. The molecule has 1 aromatic rings. The van der Waals surface area contributed by atoms with E-state index in [-0.39, 0.29) is 5.78 Å². The molecule has 0 fully saturated rings. The van der Waals surface area contributed by atoms with Crippen molar-refractivity contribution in [3.05, 3.63) is 34.4 Å². The van der Waals surface area contributed by atoms with Gasteiger partial charge in [-0.1, -0.05) is 6.92 Å². The Bertz CT molecular complexity index is 498. The SMILES string of the molecule is CC1=Cc2cc(C)c(O)cc2C(C)CCC1=O. The highest BCUT2D eigenvalue weighted by Gasteiger charge is 2.18. The second-order valence-corrected chi connectivity index (χ2v) is 4.96. The lowest BCUT2D eigenvalue weighted by atomic mass is 9.86. The third-order valence-electron chi connectivity index (χ3n) is 3.55. The molecule has 0 saturated heterocycles. The van der Waals surface area contributed by atoms with Gasteiger partial charge in [-0.25, -0.2) is 0 Å². The van der Waals surface area contributed by atoms with E-state index in [1.54, 1.807) is 0 Å². The van der Waals surface area contributed by atoms with E-state index in [0.29, 0.717) is 18.1 Å². The van der Waals surface area contributed by atoms with E-state index >= 15 is 0 Å². The first-order valence-corrected chi connectivity index (χ1v) is 6.04. The van der Waals surface area contributed by atoms with Crippen LogP contribution in [-0.4, -0.2) is 10.9 Å². The molecule has 0 heterocycles. The number of phenolic OH excluding ortho intramolecular Hbond substituents is 1. The first-order valence-electron chi connectivity index (χ1n) is 6.04. The fraction of sp³-hybridized carbons (Fsp3) is 0.400. The summed E-state index contributed by atoms with van der Waals surface area (Å²) in [5.74, 6) is 0.881. The van der Waals surface area contributed by atoms with Crippen LogP contribution < -0.4 is 0 Å². The van der Waals surface area contributed by atoms with Gasteiger partial charge in [0.05, 0.1) is 0 Å². The van der Waals surface area contributed by atoms with Gasteiger partial charge < -0.3 is 5.11 Å². The molecule has 1 aliphatic carbocycles. The van der Waals surface area contributed by atoms with E-state index in [0.717, 1.165) is 28.7 Å². The Morgan fingerprint density at radius 1 is 1.29 bits per heavy atom. The first kappa shape index (κ1) is 11.9. The molecule has 1 aromatic carbocycles. The Morgan fingerprint density at radius 3 is 2.71 bits per heavy atom. The second-order valence-electron chi connectivity index (χ2n) is 4.96. The number of rotatable bonds is 0. The lowest BCUT2D eigenvalue weighted by Crippen LogP contribution is -2.07. The molecule has 0 amide bonds. The Kier molecular flexibility index (Phi) is 3.05. The largest absolute Gasteiger partial charge is 0.508 e. The molecule has 0 saturated carbocycles. The molecule has 0 aliphatic heterocycles. The molecule has 1 atom stereocenters. The normalized spacial score (nSPS) is 20.3. The molecule has 2 heteroatoms. The Labute approximate surface area is 102 Å². The maximum Gasteiger partial charge on any atom is 0.158 e. The van der Waals surface area contributed by atoms with E-state index in [1.807, 2.05) is 32.1 Å². The van der Waals surface area contributed by atoms with Crippen molar-refractivity contribution < 1.29 is 9.90 Å². The number of fused-ring (bicyclic) bond motifs is 1.